The predicted molar refractivity (Wildman–Crippen MR) is 70.8 cm³/mol. The van der Waals surface area contributed by atoms with Gasteiger partial charge in [-0.2, -0.15) is 0 Å². The van der Waals surface area contributed by atoms with Crippen LogP contribution in [-0.2, 0) is 6.54 Å². The van der Waals surface area contributed by atoms with Crippen molar-refractivity contribution in [3.8, 4) is 0 Å². The molecule has 94 valence electrons. The Bertz CT molecular complexity index is 313. The number of piperidine rings is 1. The molecule has 0 radical (unpaired) electrons. The summed E-state index contributed by atoms with van der Waals surface area (Å²) in [6, 6.07) is 4.86. The molecule has 0 bridgehead atoms. The van der Waals surface area contributed by atoms with E-state index in [1.807, 2.05) is 18.5 Å². The minimum absolute atomic E-state index is 0.681. The Labute approximate surface area is 104 Å². The average molecular weight is 233 g/mol. The lowest BCUT2D eigenvalue weighted by Gasteiger charge is -2.33. The Morgan fingerprint density at radius 3 is 3.24 bits per heavy atom. The van der Waals surface area contributed by atoms with Crippen LogP contribution in [0.2, 0.25) is 0 Å². The standard InChI is InChI=1S/C14H23N3/c1-2-7-16-14-6-4-9-17(12-14)11-13-5-3-8-15-10-13/h3,5,8,10,14,16H,2,4,6-7,9,11-12H2,1H3. The maximum Gasteiger partial charge on any atom is 0.0312 e. The summed E-state index contributed by atoms with van der Waals surface area (Å²) in [5.41, 5.74) is 1.32. The van der Waals surface area contributed by atoms with Crippen LogP contribution in [0.4, 0.5) is 0 Å². The van der Waals surface area contributed by atoms with Crippen molar-refractivity contribution in [2.45, 2.75) is 38.8 Å². The normalized spacial score (nSPS) is 21.6. The Hall–Kier alpha value is -0.930. The fraction of sp³-hybridized carbons (Fsp3) is 0.643. The van der Waals surface area contributed by atoms with Crippen LogP contribution < -0.4 is 5.32 Å². The summed E-state index contributed by atoms with van der Waals surface area (Å²) < 4.78 is 0. The Morgan fingerprint density at radius 1 is 1.53 bits per heavy atom. The van der Waals surface area contributed by atoms with Crippen molar-refractivity contribution in [1.29, 1.82) is 0 Å². The summed E-state index contributed by atoms with van der Waals surface area (Å²) in [5, 5.41) is 3.63. The second-order valence-electron chi connectivity index (χ2n) is 4.89. The maximum absolute atomic E-state index is 4.18. The molecule has 1 aliphatic rings. The number of aromatic nitrogens is 1. The van der Waals surface area contributed by atoms with Gasteiger partial charge in [-0.1, -0.05) is 13.0 Å². The summed E-state index contributed by atoms with van der Waals surface area (Å²) in [6.07, 6.45) is 7.67. The number of nitrogens with zero attached hydrogens (tertiary/aromatic N) is 2. The first-order valence-corrected chi connectivity index (χ1v) is 6.73. The topological polar surface area (TPSA) is 28.2 Å². The zero-order valence-electron chi connectivity index (χ0n) is 10.7. The minimum Gasteiger partial charge on any atom is -0.313 e. The van der Waals surface area contributed by atoms with Gasteiger partial charge in [0.15, 0.2) is 0 Å². The molecule has 2 rings (SSSR count). The van der Waals surface area contributed by atoms with Gasteiger partial charge in [-0.05, 0) is 44.0 Å². The third-order valence-corrected chi connectivity index (χ3v) is 3.32. The zero-order chi connectivity index (χ0) is 11.9. The van der Waals surface area contributed by atoms with E-state index in [0.717, 1.165) is 13.1 Å². The van der Waals surface area contributed by atoms with Crippen molar-refractivity contribution in [2.24, 2.45) is 0 Å². The molecule has 1 atom stereocenters. The number of hydrogen-bond donors (Lipinski definition) is 1. The highest BCUT2D eigenvalue weighted by Gasteiger charge is 2.18. The second-order valence-corrected chi connectivity index (χ2v) is 4.89. The lowest BCUT2D eigenvalue weighted by Crippen LogP contribution is -2.45. The van der Waals surface area contributed by atoms with Gasteiger partial charge in [-0.15, -0.1) is 0 Å². The Kier molecular flexibility index (Phi) is 4.95. The van der Waals surface area contributed by atoms with Gasteiger partial charge < -0.3 is 5.32 Å². The third kappa shape index (κ3) is 4.10. The van der Waals surface area contributed by atoms with Crippen molar-refractivity contribution in [3.63, 3.8) is 0 Å². The van der Waals surface area contributed by atoms with Crippen LogP contribution >= 0.6 is 0 Å². The smallest absolute Gasteiger partial charge is 0.0312 e. The van der Waals surface area contributed by atoms with Crippen LogP contribution in [0, 0.1) is 0 Å². The number of nitrogens with one attached hydrogen (secondary N) is 1. The van der Waals surface area contributed by atoms with E-state index in [1.165, 1.54) is 37.9 Å². The van der Waals surface area contributed by atoms with Crippen LogP contribution in [-0.4, -0.2) is 35.6 Å². The van der Waals surface area contributed by atoms with Gasteiger partial charge in [-0.25, -0.2) is 0 Å². The summed E-state index contributed by atoms with van der Waals surface area (Å²) in [7, 11) is 0. The highest BCUT2D eigenvalue weighted by molar-refractivity contribution is 5.08. The lowest BCUT2D eigenvalue weighted by molar-refractivity contribution is 0.183. The number of hydrogen-bond acceptors (Lipinski definition) is 3. The quantitative estimate of drug-likeness (QED) is 0.843. The summed E-state index contributed by atoms with van der Waals surface area (Å²) in [6.45, 7) is 6.81. The van der Waals surface area contributed by atoms with Gasteiger partial charge in [0.1, 0.15) is 0 Å². The minimum atomic E-state index is 0.681. The fourth-order valence-corrected chi connectivity index (χ4v) is 2.46. The van der Waals surface area contributed by atoms with E-state index in [2.05, 4.69) is 28.2 Å². The van der Waals surface area contributed by atoms with Crippen molar-refractivity contribution >= 4 is 0 Å². The molecule has 1 aromatic heterocycles. The molecule has 0 aromatic carbocycles. The fourth-order valence-electron chi connectivity index (χ4n) is 2.46. The Morgan fingerprint density at radius 2 is 2.47 bits per heavy atom. The molecule has 17 heavy (non-hydrogen) atoms. The lowest BCUT2D eigenvalue weighted by atomic mass is 10.0. The van der Waals surface area contributed by atoms with Crippen LogP contribution in [0.5, 0.6) is 0 Å². The molecule has 0 amide bonds. The summed E-state index contributed by atoms with van der Waals surface area (Å²) in [5.74, 6) is 0. The number of likely N-dealkylation sites (tertiary alicyclic amines) is 1. The molecule has 3 heteroatoms. The first-order valence-electron chi connectivity index (χ1n) is 6.73. The highest BCUT2D eigenvalue weighted by atomic mass is 15.2. The SMILES string of the molecule is CCCNC1CCCN(Cc2cccnc2)C1. The van der Waals surface area contributed by atoms with Crippen LogP contribution in [0.25, 0.3) is 0 Å². The Balaban J connectivity index is 1.81. The third-order valence-electron chi connectivity index (χ3n) is 3.32. The zero-order valence-corrected chi connectivity index (χ0v) is 10.7. The molecular weight excluding hydrogens is 210 g/mol. The van der Waals surface area contributed by atoms with Gasteiger partial charge in [-0.3, -0.25) is 9.88 Å². The largest absolute Gasteiger partial charge is 0.313 e. The molecule has 1 unspecified atom stereocenters. The van der Waals surface area contributed by atoms with Gasteiger partial charge in [0.2, 0.25) is 0 Å². The van der Waals surface area contributed by atoms with Crippen LogP contribution in [0.1, 0.15) is 31.7 Å². The summed E-state index contributed by atoms with van der Waals surface area (Å²) >= 11 is 0. The van der Waals surface area contributed by atoms with Crippen molar-refractivity contribution in [3.05, 3.63) is 30.1 Å². The highest BCUT2D eigenvalue weighted by Crippen LogP contribution is 2.13. The van der Waals surface area contributed by atoms with Crippen molar-refractivity contribution in [1.82, 2.24) is 15.2 Å². The van der Waals surface area contributed by atoms with Gasteiger partial charge in [0, 0.05) is 31.5 Å². The molecular formula is C14H23N3. The van der Waals surface area contributed by atoms with Gasteiger partial charge in [0.25, 0.3) is 0 Å². The molecule has 1 aromatic rings. The average Bonchev–Trinajstić information content (AvgIpc) is 2.38. The van der Waals surface area contributed by atoms with Gasteiger partial charge >= 0.3 is 0 Å². The van der Waals surface area contributed by atoms with E-state index in [4.69, 9.17) is 0 Å². The van der Waals surface area contributed by atoms with Crippen LogP contribution in [0.15, 0.2) is 24.5 Å². The van der Waals surface area contributed by atoms with E-state index in [-0.39, 0.29) is 0 Å². The molecule has 3 nitrogen and oxygen atoms in total. The van der Waals surface area contributed by atoms with E-state index in [0.29, 0.717) is 6.04 Å². The van der Waals surface area contributed by atoms with E-state index < -0.39 is 0 Å². The molecule has 1 fully saturated rings. The molecule has 1 aliphatic heterocycles. The monoisotopic (exact) mass is 233 g/mol. The predicted octanol–water partition coefficient (Wildman–Crippen LogP) is 2.05. The second kappa shape index (κ2) is 6.72. The molecule has 1 N–H and O–H groups in total. The summed E-state index contributed by atoms with van der Waals surface area (Å²) in [4.78, 5) is 6.71. The van der Waals surface area contributed by atoms with Crippen molar-refractivity contribution in [2.75, 3.05) is 19.6 Å². The molecule has 1 saturated heterocycles. The molecule has 2 heterocycles. The van der Waals surface area contributed by atoms with Gasteiger partial charge in [0.05, 0.1) is 0 Å². The maximum atomic E-state index is 4.18. The van der Waals surface area contributed by atoms with E-state index in [9.17, 15) is 0 Å². The first-order chi connectivity index (χ1) is 8.38. The number of rotatable bonds is 5. The van der Waals surface area contributed by atoms with E-state index in [1.54, 1.807) is 0 Å². The molecule has 0 spiro atoms. The number of pyridine rings is 1. The van der Waals surface area contributed by atoms with E-state index >= 15 is 0 Å². The van der Waals surface area contributed by atoms with Crippen LogP contribution in [0.3, 0.4) is 0 Å². The van der Waals surface area contributed by atoms with Crippen molar-refractivity contribution < 1.29 is 0 Å². The first kappa shape index (κ1) is 12.5. The molecule has 0 saturated carbocycles. The molecule has 0 aliphatic carbocycles.